The molecular weight excluding hydrogens is 262 g/mol. The third kappa shape index (κ3) is 2.21. The van der Waals surface area contributed by atoms with Crippen LogP contribution in [0, 0.1) is 17.8 Å². The second-order valence-electron chi connectivity index (χ2n) is 6.48. The summed E-state index contributed by atoms with van der Waals surface area (Å²) >= 11 is 0. The van der Waals surface area contributed by atoms with E-state index in [2.05, 4.69) is 26.1 Å². The number of carbonyl (C=O) groups excluding carboxylic acids is 2. The molecule has 1 aliphatic heterocycles. The number of allylic oxidation sites excluding steroid dienone is 1. The Labute approximate surface area is 125 Å². The van der Waals surface area contributed by atoms with Crippen LogP contribution >= 0.6 is 0 Å². The van der Waals surface area contributed by atoms with E-state index in [1.807, 2.05) is 24.3 Å². The molecule has 0 aromatic heterocycles. The Morgan fingerprint density at radius 2 is 1.86 bits per heavy atom. The first kappa shape index (κ1) is 14.1. The van der Waals surface area contributed by atoms with E-state index in [0.29, 0.717) is 11.5 Å². The summed E-state index contributed by atoms with van der Waals surface area (Å²) in [6.07, 6.45) is 1.90. The van der Waals surface area contributed by atoms with E-state index in [0.717, 1.165) is 29.7 Å². The third-order valence-electron chi connectivity index (χ3n) is 4.75. The van der Waals surface area contributed by atoms with Gasteiger partial charge in [-0.15, -0.1) is 0 Å². The van der Waals surface area contributed by atoms with E-state index in [9.17, 15) is 9.59 Å². The van der Waals surface area contributed by atoms with Crippen LogP contribution in [-0.2, 0) is 9.59 Å². The summed E-state index contributed by atoms with van der Waals surface area (Å²) in [5.41, 5.74) is 3.04. The summed E-state index contributed by atoms with van der Waals surface area (Å²) < 4.78 is 0. The molecular formula is C18H21NO2. The normalized spacial score (nSPS) is 28.8. The predicted octanol–water partition coefficient (Wildman–Crippen LogP) is 3.66. The number of amides is 1. The van der Waals surface area contributed by atoms with Crippen molar-refractivity contribution in [3.8, 4) is 0 Å². The van der Waals surface area contributed by atoms with Crippen molar-refractivity contribution < 1.29 is 9.59 Å². The van der Waals surface area contributed by atoms with Gasteiger partial charge in [-0.1, -0.05) is 39.0 Å². The lowest BCUT2D eigenvalue weighted by molar-refractivity contribution is -0.122. The van der Waals surface area contributed by atoms with Crippen molar-refractivity contribution in [1.29, 1.82) is 0 Å². The molecule has 2 unspecified atom stereocenters. The fraction of sp³-hybridized carbons (Fsp3) is 0.444. The van der Waals surface area contributed by atoms with Crippen LogP contribution in [0.5, 0.6) is 0 Å². The highest BCUT2D eigenvalue weighted by molar-refractivity contribution is 6.35. The summed E-state index contributed by atoms with van der Waals surface area (Å²) in [6.45, 7) is 6.23. The molecule has 110 valence electrons. The molecule has 3 rings (SSSR count). The highest BCUT2D eigenvalue weighted by Gasteiger charge is 2.38. The summed E-state index contributed by atoms with van der Waals surface area (Å²) in [6, 6.07) is 7.63. The Morgan fingerprint density at radius 1 is 1.14 bits per heavy atom. The second-order valence-corrected chi connectivity index (χ2v) is 6.48. The van der Waals surface area contributed by atoms with Crippen LogP contribution in [0.2, 0.25) is 0 Å². The highest BCUT2D eigenvalue weighted by atomic mass is 16.2. The van der Waals surface area contributed by atoms with Gasteiger partial charge < -0.3 is 5.32 Å². The van der Waals surface area contributed by atoms with E-state index in [1.54, 1.807) is 0 Å². The van der Waals surface area contributed by atoms with Crippen LogP contribution in [-0.4, -0.2) is 11.7 Å². The Balaban J connectivity index is 2.15. The molecule has 1 saturated carbocycles. The highest BCUT2D eigenvalue weighted by Crippen LogP contribution is 2.42. The quantitative estimate of drug-likeness (QED) is 0.799. The molecule has 1 aromatic carbocycles. The third-order valence-corrected chi connectivity index (χ3v) is 4.75. The minimum absolute atomic E-state index is 0.0456. The van der Waals surface area contributed by atoms with E-state index < -0.39 is 0 Å². The number of Topliss-reactive ketones (excluding diaryl/α,β-unsaturated/α-hetero) is 1. The number of para-hydroxylation sites is 1. The van der Waals surface area contributed by atoms with Crippen molar-refractivity contribution in [3.05, 3.63) is 35.4 Å². The topological polar surface area (TPSA) is 46.2 Å². The fourth-order valence-electron chi connectivity index (χ4n) is 3.54. The first-order valence-electron chi connectivity index (χ1n) is 7.69. The fourth-order valence-corrected chi connectivity index (χ4v) is 3.54. The van der Waals surface area contributed by atoms with Crippen molar-refractivity contribution >= 4 is 23.0 Å². The minimum Gasteiger partial charge on any atom is -0.321 e. The molecule has 1 aliphatic carbocycles. The molecule has 2 atom stereocenters. The summed E-state index contributed by atoms with van der Waals surface area (Å²) in [4.78, 5) is 25.3. The van der Waals surface area contributed by atoms with Crippen molar-refractivity contribution in [2.75, 3.05) is 5.32 Å². The average molecular weight is 283 g/mol. The predicted molar refractivity (Wildman–Crippen MR) is 83.7 cm³/mol. The van der Waals surface area contributed by atoms with Gasteiger partial charge in [-0.2, -0.15) is 0 Å². The van der Waals surface area contributed by atoms with E-state index in [4.69, 9.17) is 0 Å². The minimum atomic E-state index is -0.129. The summed E-state index contributed by atoms with van der Waals surface area (Å²) in [7, 11) is 0. The first-order chi connectivity index (χ1) is 10.0. The SMILES string of the molecule is CC1CCC(C(C)C)C(=O)/C1=C1/C(=O)Nc2ccccc21. The molecule has 1 aromatic rings. The van der Waals surface area contributed by atoms with Crippen molar-refractivity contribution in [2.45, 2.75) is 33.6 Å². The summed E-state index contributed by atoms with van der Waals surface area (Å²) in [5, 5.41) is 2.88. The second kappa shape index (κ2) is 5.14. The van der Waals surface area contributed by atoms with Crippen LogP contribution in [0.25, 0.3) is 5.57 Å². The van der Waals surface area contributed by atoms with Gasteiger partial charge in [0.1, 0.15) is 0 Å². The lowest BCUT2D eigenvalue weighted by Gasteiger charge is -2.31. The van der Waals surface area contributed by atoms with Crippen LogP contribution in [0.1, 0.15) is 39.2 Å². The molecule has 0 saturated heterocycles. The van der Waals surface area contributed by atoms with Gasteiger partial charge in [0.15, 0.2) is 5.78 Å². The van der Waals surface area contributed by atoms with Gasteiger partial charge in [0.2, 0.25) is 0 Å². The molecule has 2 aliphatic rings. The zero-order chi connectivity index (χ0) is 15.1. The standard InChI is InChI=1S/C18H21NO2/c1-10(2)12-9-8-11(3)15(17(12)20)16-13-6-4-5-7-14(13)19-18(16)21/h4-7,10-12H,8-9H2,1-3H3,(H,19,21)/b16-15+. The Bertz CT molecular complexity index is 642. The molecule has 3 heteroatoms. The Hall–Kier alpha value is -1.90. The van der Waals surface area contributed by atoms with Crippen LogP contribution in [0.15, 0.2) is 29.8 Å². The maximum Gasteiger partial charge on any atom is 0.256 e. The molecule has 1 amide bonds. The van der Waals surface area contributed by atoms with Crippen molar-refractivity contribution in [2.24, 2.45) is 17.8 Å². The molecule has 1 N–H and O–H groups in total. The first-order valence-corrected chi connectivity index (χ1v) is 7.69. The molecule has 3 nitrogen and oxygen atoms in total. The average Bonchev–Trinajstić information content (AvgIpc) is 2.75. The number of ketones is 1. The number of carbonyl (C=O) groups is 2. The van der Waals surface area contributed by atoms with E-state index in [1.165, 1.54) is 0 Å². The van der Waals surface area contributed by atoms with Gasteiger partial charge in [-0.25, -0.2) is 0 Å². The van der Waals surface area contributed by atoms with E-state index >= 15 is 0 Å². The number of fused-ring (bicyclic) bond motifs is 1. The number of benzene rings is 1. The Morgan fingerprint density at radius 3 is 2.57 bits per heavy atom. The largest absolute Gasteiger partial charge is 0.321 e. The zero-order valence-electron chi connectivity index (χ0n) is 12.8. The monoisotopic (exact) mass is 283 g/mol. The van der Waals surface area contributed by atoms with Crippen molar-refractivity contribution in [3.63, 3.8) is 0 Å². The van der Waals surface area contributed by atoms with Gasteiger partial charge in [-0.3, -0.25) is 9.59 Å². The smallest absolute Gasteiger partial charge is 0.256 e. The maximum absolute atomic E-state index is 12.9. The van der Waals surface area contributed by atoms with Gasteiger partial charge in [-0.05, 0) is 30.7 Å². The zero-order valence-corrected chi connectivity index (χ0v) is 12.8. The molecule has 0 radical (unpaired) electrons. The molecule has 1 heterocycles. The molecule has 1 fully saturated rings. The number of hydrogen-bond acceptors (Lipinski definition) is 2. The molecule has 21 heavy (non-hydrogen) atoms. The summed E-state index contributed by atoms with van der Waals surface area (Å²) in [5.74, 6) is 0.561. The number of rotatable bonds is 1. The van der Waals surface area contributed by atoms with Crippen LogP contribution < -0.4 is 5.32 Å². The van der Waals surface area contributed by atoms with Gasteiger partial charge in [0.25, 0.3) is 5.91 Å². The lowest BCUT2D eigenvalue weighted by Crippen LogP contribution is -2.31. The molecule has 0 bridgehead atoms. The van der Waals surface area contributed by atoms with Crippen molar-refractivity contribution in [1.82, 2.24) is 0 Å². The Kier molecular flexibility index (Phi) is 3.44. The number of hydrogen-bond donors (Lipinski definition) is 1. The number of anilines is 1. The maximum atomic E-state index is 12.9. The van der Waals surface area contributed by atoms with E-state index in [-0.39, 0.29) is 23.5 Å². The lowest BCUT2D eigenvalue weighted by atomic mass is 9.71. The van der Waals surface area contributed by atoms with Crippen LogP contribution in [0.3, 0.4) is 0 Å². The van der Waals surface area contributed by atoms with Gasteiger partial charge in [0, 0.05) is 22.7 Å². The van der Waals surface area contributed by atoms with Gasteiger partial charge in [0.05, 0.1) is 5.57 Å². The molecule has 0 spiro atoms. The number of nitrogens with one attached hydrogen (secondary N) is 1. The van der Waals surface area contributed by atoms with Crippen LogP contribution in [0.4, 0.5) is 5.69 Å². The van der Waals surface area contributed by atoms with Gasteiger partial charge >= 0.3 is 0 Å².